The molecule has 0 radical (unpaired) electrons. The molecule has 0 aliphatic carbocycles. The molecule has 4 aromatic carbocycles. The van der Waals surface area contributed by atoms with Crippen LogP contribution in [0.15, 0.2) is 120 Å². The first-order chi connectivity index (χ1) is 16.2. The largest absolute Gasteiger partial charge is 0.382 e. The van der Waals surface area contributed by atoms with E-state index in [0.717, 1.165) is 22.3 Å². The highest BCUT2D eigenvalue weighted by atomic mass is 15.3. The Morgan fingerprint density at radius 1 is 0.697 bits per heavy atom. The maximum Gasteiger partial charge on any atom is 0.201 e. The number of nitrogens with two attached hydrogens (primary N) is 1. The van der Waals surface area contributed by atoms with Crippen LogP contribution in [-0.4, -0.2) is 11.5 Å². The van der Waals surface area contributed by atoms with E-state index in [9.17, 15) is 0 Å². The first-order valence-corrected chi connectivity index (χ1v) is 10.5. The Labute approximate surface area is 193 Å². The molecule has 5 nitrogen and oxygen atoms in total. The predicted octanol–water partition coefficient (Wildman–Crippen LogP) is 5.30. The van der Waals surface area contributed by atoms with Crippen molar-refractivity contribution in [1.82, 2.24) is 0 Å². The van der Waals surface area contributed by atoms with Gasteiger partial charge in [-0.15, -0.1) is 0 Å². The summed E-state index contributed by atoms with van der Waals surface area (Å²) in [6.07, 6.45) is 0. The lowest BCUT2D eigenvalue weighted by Crippen LogP contribution is -2.30. The molecule has 33 heavy (non-hydrogen) atoms. The minimum atomic E-state index is -0.525. The third-order valence-electron chi connectivity index (χ3n) is 5.60. The molecular weight excluding hydrogens is 406 g/mol. The molecule has 0 aliphatic rings. The SMILES string of the molecule is N#C/C(=N\Nc1ccc(C(c2ccccc2)(c2ccccc2)c2ccccc2)cc1)C(=N)N. The summed E-state index contributed by atoms with van der Waals surface area (Å²) in [5.74, 6) is -0.377. The molecule has 4 N–H and O–H groups in total. The van der Waals surface area contributed by atoms with Crippen molar-refractivity contribution >= 4 is 17.2 Å². The van der Waals surface area contributed by atoms with Crippen molar-refractivity contribution in [2.75, 3.05) is 5.43 Å². The molecule has 0 spiro atoms. The summed E-state index contributed by atoms with van der Waals surface area (Å²) < 4.78 is 0. The number of nitrogens with one attached hydrogen (secondary N) is 2. The Morgan fingerprint density at radius 3 is 1.45 bits per heavy atom. The van der Waals surface area contributed by atoms with E-state index in [0.29, 0.717) is 5.69 Å². The van der Waals surface area contributed by atoms with Crippen molar-refractivity contribution < 1.29 is 0 Å². The third kappa shape index (κ3) is 4.23. The van der Waals surface area contributed by atoms with E-state index in [4.69, 9.17) is 16.4 Å². The number of hydrogen-bond acceptors (Lipinski definition) is 4. The number of anilines is 1. The van der Waals surface area contributed by atoms with Crippen molar-refractivity contribution in [2.45, 2.75) is 5.41 Å². The maximum absolute atomic E-state index is 9.06. The zero-order chi connectivity index (χ0) is 23.1. The smallest absolute Gasteiger partial charge is 0.201 e. The van der Waals surface area contributed by atoms with E-state index in [2.05, 4.69) is 95.5 Å². The van der Waals surface area contributed by atoms with Gasteiger partial charge in [0.25, 0.3) is 0 Å². The summed E-state index contributed by atoms with van der Waals surface area (Å²) in [5.41, 5.74) is 12.8. The number of amidine groups is 1. The molecule has 5 heteroatoms. The highest BCUT2D eigenvalue weighted by molar-refractivity contribution is 6.45. The van der Waals surface area contributed by atoms with Crippen LogP contribution in [-0.2, 0) is 5.41 Å². The molecular formula is C28H23N5. The Balaban J connectivity index is 1.89. The van der Waals surface area contributed by atoms with Crippen LogP contribution in [0.2, 0.25) is 0 Å². The van der Waals surface area contributed by atoms with Gasteiger partial charge >= 0.3 is 0 Å². The number of hydrogen-bond donors (Lipinski definition) is 3. The van der Waals surface area contributed by atoms with E-state index in [1.165, 1.54) is 0 Å². The van der Waals surface area contributed by atoms with Gasteiger partial charge in [0.05, 0.1) is 11.1 Å². The van der Waals surface area contributed by atoms with Gasteiger partial charge < -0.3 is 5.73 Å². The Hall–Kier alpha value is -4.69. The molecule has 0 aliphatic heterocycles. The van der Waals surface area contributed by atoms with Gasteiger partial charge in [-0.3, -0.25) is 10.8 Å². The van der Waals surface area contributed by atoms with Crippen molar-refractivity contribution in [3.05, 3.63) is 138 Å². The molecule has 0 amide bonds. The minimum absolute atomic E-state index is 0.161. The second-order valence-corrected chi connectivity index (χ2v) is 7.52. The van der Waals surface area contributed by atoms with Crippen molar-refractivity contribution in [2.24, 2.45) is 10.8 Å². The summed E-state index contributed by atoms with van der Waals surface area (Å²) in [5, 5.41) is 20.4. The summed E-state index contributed by atoms with van der Waals surface area (Å²) in [6.45, 7) is 0. The molecule has 0 unspecified atom stereocenters. The van der Waals surface area contributed by atoms with Crippen LogP contribution in [0.3, 0.4) is 0 Å². The molecule has 0 atom stereocenters. The monoisotopic (exact) mass is 429 g/mol. The molecule has 160 valence electrons. The van der Waals surface area contributed by atoms with Crippen molar-refractivity contribution in [1.29, 1.82) is 10.7 Å². The first kappa shape index (κ1) is 21.5. The van der Waals surface area contributed by atoms with E-state index < -0.39 is 5.41 Å². The summed E-state index contributed by atoms with van der Waals surface area (Å²) in [7, 11) is 0. The minimum Gasteiger partial charge on any atom is -0.382 e. The van der Waals surface area contributed by atoms with Gasteiger partial charge in [0, 0.05) is 0 Å². The fourth-order valence-corrected chi connectivity index (χ4v) is 4.13. The molecule has 0 bridgehead atoms. The first-order valence-electron chi connectivity index (χ1n) is 10.5. The van der Waals surface area contributed by atoms with Gasteiger partial charge in [0.2, 0.25) is 5.71 Å². The van der Waals surface area contributed by atoms with Gasteiger partial charge in [0.1, 0.15) is 6.07 Å². The summed E-state index contributed by atoms with van der Waals surface area (Å²) in [6, 6.07) is 41.1. The van der Waals surface area contributed by atoms with E-state index in [1.807, 2.05) is 36.4 Å². The van der Waals surface area contributed by atoms with Gasteiger partial charge in [-0.05, 0) is 34.4 Å². The standard InChI is InChI=1S/C28H23N5/c29-20-26(27(30)31)33-32-25-18-16-24(17-19-25)28(21-10-4-1-5-11-21,22-12-6-2-7-13-22)23-14-8-3-9-15-23/h1-19,32H,(H3,30,31)/b33-26+. The second kappa shape index (κ2) is 9.63. The molecule has 0 aromatic heterocycles. The predicted molar refractivity (Wildman–Crippen MR) is 133 cm³/mol. The average molecular weight is 430 g/mol. The topological polar surface area (TPSA) is 98.0 Å². The third-order valence-corrected chi connectivity index (χ3v) is 5.60. The fourth-order valence-electron chi connectivity index (χ4n) is 4.13. The van der Waals surface area contributed by atoms with Crippen LogP contribution in [0.25, 0.3) is 0 Å². The molecule has 0 fully saturated rings. The van der Waals surface area contributed by atoms with Gasteiger partial charge in [0.15, 0.2) is 5.84 Å². The van der Waals surface area contributed by atoms with E-state index in [-0.39, 0.29) is 11.5 Å². The number of rotatable bonds is 7. The zero-order valence-corrected chi connectivity index (χ0v) is 17.9. The summed E-state index contributed by atoms with van der Waals surface area (Å²) in [4.78, 5) is 0. The maximum atomic E-state index is 9.06. The van der Waals surface area contributed by atoms with Crippen molar-refractivity contribution in [3.8, 4) is 6.07 Å². The normalized spacial score (nSPS) is 11.4. The van der Waals surface area contributed by atoms with Crippen LogP contribution in [0.1, 0.15) is 22.3 Å². The summed E-state index contributed by atoms with van der Waals surface area (Å²) >= 11 is 0. The van der Waals surface area contributed by atoms with Crippen molar-refractivity contribution in [3.63, 3.8) is 0 Å². The number of nitrogens with zero attached hydrogens (tertiary/aromatic N) is 2. The van der Waals surface area contributed by atoms with Gasteiger partial charge in [-0.1, -0.05) is 103 Å². The lowest BCUT2D eigenvalue weighted by Gasteiger charge is -2.37. The second-order valence-electron chi connectivity index (χ2n) is 7.52. The van der Waals surface area contributed by atoms with Crippen LogP contribution >= 0.6 is 0 Å². The van der Waals surface area contributed by atoms with E-state index in [1.54, 1.807) is 0 Å². The molecule has 4 rings (SSSR count). The lowest BCUT2D eigenvalue weighted by molar-refractivity contribution is 0.745. The Morgan fingerprint density at radius 2 is 1.09 bits per heavy atom. The quantitative estimate of drug-likeness (QED) is 0.161. The van der Waals surface area contributed by atoms with Gasteiger partial charge in [-0.25, -0.2) is 0 Å². The molecule has 0 saturated carbocycles. The van der Waals surface area contributed by atoms with E-state index >= 15 is 0 Å². The Kier molecular flexibility index (Phi) is 6.28. The van der Waals surface area contributed by atoms with Crippen LogP contribution in [0.4, 0.5) is 5.69 Å². The molecule has 0 heterocycles. The number of benzene rings is 4. The van der Waals surface area contributed by atoms with Gasteiger partial charge in [-0.2, -0.15) is 10.4 Å². The fraction of sp³-hybridized carbons (Fsp3) is 0.0357. The van der Waals surface area contributed by atoms with Crippen LogP contribution in [0.5, 0.6) is 0 Å². The van der Waals surface area contributed by atoms with Crippen LogP contribution in [0, 0.1) is 16.7 Å². The molecule has 4 aromatic rings. The number of nitriles is 1. The molecule has 0 saturated heterocycles. The zero-order valence-electron chi connectivity index (χ0n) is 17.9. The Bertz CT molecular complexity index is 1190. The highest BCUT2D eigenvalue weighted by Gasteiger charge is 2.38. The number of hydrazone groups is 1. The average Bonchev–Trinajstić information content (AvgIpc) is 2.87. The van der Waals surface area contributed by atoms with Crippen LogP contribution < -0.4 is 11.2 Å². The highest BCUT2D eigenvalue weighted by Crippen LogP contribution is 2.45. The lowest BCUT2D eigenvalue weighted by atomic mass is 9.65.